The summed E-state index contributed by atoms with van der Waals surface area (Å²) >= 11 is 17.3. The number of carbonyl (C=O) groups excluding carboxylic acids is 2. The number of carboxylic acids is 1. The fourth-order valence-corrected chi connectivity index (χ4v) is 1.76. The predicted molar refractivity (Wildman–Crippen MR) is 77.1 cm³/mol. The van der Waals surface area contributed by atoms with Gasteiger partial charge in [-0.1, -0.05) is 34.8 Å². The molecule has 0 aliphatic heterocycles. The van der Waals surface area contributed by atoms with Crippen LogP contribution in [0.4, 0.5) is 10.5 Å². The van der Waals surface area contributed by atoms with Crippen LogP contribution in [0.5, 0.6) is 0 Å². The quantitative estimate of drug-likeness (QED) is 0.703. The Morgan fingerprint density at radius 1 is 1.05 bits per heavy atom. The van der Waals surface area contributed by atoms with Gasteiger partial charge in [-0.2, -0.15) is 0 Å². The van der Waals surface area contributed by atoms with Crippen LogP contribution < -0.4 is 10.6 Å². The molecule has 0 atom stereocenters. The number of imide groups is 1. The lowest BCUT2D eigenvalue weighted by molar-refractivity contribution is -0.143. The minimum atomic E-state index is -1.23. The van der Waals surface area contributed by atoms with Crippen LogP contribution in [0.3, 0.4) is 0 Å². The third-order valence-corrected chi connectivity index (χ3v) is 3.00. The van der Waals surface area contributed by atoms with Crippen LogP contribution >= 0.6 is 34.8 Å². The fourth-order valence-electron chi connectivity index (χ4n) is 1.17. The third kappa shape index (κ3) is 6.17. The van der Waals surface area contributed by atoms with E-state index in [1.54, 1.807) is 0 Å². The SMILES string of the molecule is O=C(O)COCC(=O)NC(=O)Nc1cc(Cl)c(Cl)cc1Cl. The second-order valence-electron chi connectivity index (χ2n) is 3.64. The van der Waals surface area contributed by atoms with Gasteiger partial charge in [0, 0.05) is 0 Å². The predicted octanol–water partition coefficient (Wildman–Crippen LogP) is 2.40. The topological polar surface area (TPSA) is 105 Å². The van der Waals surface area contributed by atoms with Crippen molar-refractivity contribution in [3.05, 3.63) is 27.2 Å². The van der Waals surface area contributed by atoms with Crippen molar-refractivity contribution in [1.29, 1.82) is 0 Å². The summed E-state index contributed by atoms with van der Waals surface area (Å²) in [6.07, 6.45) is 0. The van der Waals surface area contributed by atoms with Crippen molar-refractivity contribution in [2.45, 2.75) is 0 Å². The van der Waals surface area contributed by atoms with E-state index >= 15 is 0 Å². The van der Waals surface area contributed by atoms with E-state index in [0.717, 1.165) is 0 Å². The number of anilines is 1. The van der Waals surface area contributed by atoms with E-state index < -0.39 is 31.1 Å². The molecule has 0 radical (unpaired) electrons. The first-order valence-electron chi connectivity index (χ1n) is 5.34. The maximum atomic E-state index is 11.5. The van der Waals surface area contributed by atoms with Gasteiger partial charge in [0.15, 0.2) is 0 Å². The standard InChI is InChI=1S/C11H9Cl3N2O5/c12-5-1-7(14)8(2-6(5)13)15-11(20)16-9(17)3-21-4-10(18)19/h1-2H,3-4H2,(H,18,19)(H2,15,16,17,20). The molecule has 0 fully saturated rings. The van der Waals surface area contributed by atoms with Gasteiger partial charge in [0.2, 0.25) is 0 Å². The van der Waals surface area contributed by atoms with E-state index in [9.17, 15) is 14.4 Å². The zero-order chi connectivity index (χ0) is 16.0. The number of rotatable bonds is 5. The molecule has 10 heteroatoms. The van der Waals surface area contributed by atoms with Gasteiger partial charge in [-0.05, 0) is 12.1 Å². The Morgan fingerprint density at radius 3 is 2.29 bits per heavy atom. The lowest BCUT2D eigenvalue weighted by Gasteiger charge is -2.09. The number of urea groups is 1. The second kappa shape index (κ2) is 8.04. The van der Waals surface area contributed by atoms with Crippen molar-refractivity contribution >= 4 is 58.4 Å². The molecule has 0 saturated carbocycles. The number of hydrogen-bond donors (Lipinski definition) is 3. The molecule has 1 aromatic rings. The Morgan fingerprint density at radius 2 is 1.67 bits per heavy atom. The molecule has 21 heavy (non-hydrogen) atoms. The van der Waals surface area contributed by atoms with Gasteiger partial charge < -0.3 is 15.2 Å². The van der Waals surface area contributed by atoms with Gasteiger partial charge >= 0.3 is 12.0 Å². The Hall–Kier alpha value is -1.54. The van der Waals surface area contributed by atoms with E-state index in [0.29, 0.717) is 0 Å². The number of carboxylic acid groups (broad SMARTS) is 1. The maximum absolute atomic E-state index is 11.5. The highest BCUT2D eigenvalue weighted by atomic mass is 35.5. The minimum absolute atomic E-state index is 0.133. The molecule has 0 spiro atoms. The number of hydrogen-bond acceptors (Lipinski definition) is 4. The van der Waals surface area contributed by atoms with Gasteiger partial charge in [-0.25, -0.2) is 9.59 Å². The number of ether oxygens (including phenoxy) is 1. The van der Waals surface area contributed by atoms with Crippen molar-refractivity contribution in [1.82, 2.24) is 5.32 Å². The largest absolute Gasteiger partial charge is 0.480 e. The van der Waals surface area contributed by atoms with Crippen molar-refractivity contribution in [2.75, 3.05) is 18.5 Å². The van der Waals surface area contributed by atoms with Gasteiger partial charge in [0.25, 0.3) is 5.91 Å². The smallest absolute Gasteiger partial charge is 0.329 e. The van der Waals surface area contributed by atoms with Crippen molar-refractivity contribution in [3.63, 3.8) is 0 Å². The normalized spacial score (nSPS) is 10.0. The Bertz CT molecular complexity index is 579. The average Bonchev–Trinajstić information content (AvgIpc) is 2.35. The number of carbonyl (C=O) groups is 3. The third-order valence-electron chi connectivity index (χ3n) is 1.97. The van der Waals surface area contributed by atoms with E-state index in [1.807, 2.05) is 5.32 Å². The zero-order valence-electron chi connectivity index (χ0n) is 10.3. The molecular formula is C11H9Cl3N2O5. The molecule has 0 saturated heterocycles. The fraction of sp³-hybridized carbons (Fsp3) is 0.182. The monoisotopic (exact) mass is 354 g/mol. The van der Waals surface area contributed by atoms with Crippen LogP contribution in [0.1, 0.15) is 0 Å². The van der Waals surface area contributed by atoms with E-state index in [1.165, 1.54) is 12.1 Å². The van der Waals surface area contributed by atoms with Crippen LogP contribution in [-0.4, -0.2) is 36.2 Å². The number of aliphatic carboxylic acids is 1. The van der Waals surface area contributed by atoms with Gasteiger partial charge in [0.05, 0.1) is 20.8 Å². The highest BCUT2D eigenvalue weighted by Gasteiger charge is 2.12. The zero-order valence-corrected chi connectivity index (χ0v) is 12.6. The molecule has 3 amide bonds. The molecule has 0 aromatic heterocycles. The highest BCUT2D eigenvalue weighted by molar-refractivity contribution is 6.44. The van der Waals surface area contributed by atoms with Crippen molar-refractivity contribution in [3.8, 4) is 0 Å². The minimum Gasteiger partial charge on any atom is -0.480 e. The van der Waals surface area contributed by atoms with Crippen LogP contribution in [-0.2, 0) is 14.3 Å². The van der Waals surface area contributed by atoms with Gasteiger partial charge in [-0.3, -0.25) is 10.1 Å². The van der Waals surface area contributed by atoms with Crippen LogP contribution in [0.15, 0.2) is 12.1 Å². The molecular weight excluding hydrogens is 346 g/mol. The van der Waals surface area contributed by atoms with Gasteiger partial charge in [-0.15, -0.1) is 0 Å². The molecule has 0 aliphatic carbocycles. The molecule has 1 aromatic carbocycles. The number of halogens is 3. The summed E-state index contributed by atoms with van der Waals surface area (Å²) in [5, 5.41) is 13.0. The summed E-state index contributed by atoms with van der Waals surface area (Å²) in [7, 11) is 0. The van der Waals surface area contributed by atoms with E-state index in [-0.39, 0.29) is 20.8 Å². The summed E-state index contributed by atoms with van der Waals surface area (Å²) in [6, 6.07) is 1.77. The van der Waals surface area contributed by atoms with E-state index in [2.05, 4.69) is 10.1 Å². The lowest BCUT2D eigenvalue weighted by Crippen LogP contribution is -2.37. The first-order chi connectivity index (χ1) is 9.79. The molecule has 0 bridgehead atoms. The van der Waals surface area contributed by atoms with Crippen LogP contribution in [0.25, 0.3) is 0 Å². The average molecular weight is 356 g/mol. The lowest BCUT2D eigenvalue weighted by atomic mass is 10.3. The summed E-state index contributed by atoms with van der Waals surface area (Å²) in [5.74, 6) is -2.04. The molecule has 114 valence electrons. The Balaban J connectivity index is 2.52. The number of nitrogens with one attached hydrogen (secondary N) is 2. The van der Waals surface area contributed by atoms with Crippen molar-refractivity contribution in [2.24, 2.45) is 0 Å². The first-order valence-corrected chi connectivity index (χ1v) is 6.48. The highest BCUT2D eigenvalue weighted by Crippen LogP contribution is 2.32. The maximum Gasteiger partial charge on any atom is 0.329 e. The first kappa shape index (κ1) is 17.5. The second-order valence-corrected chi connectivity index (χ2v) is 4.86. The summed E-state index contributed by atoms with van der Waals surface area (Å²) in [6.45, 7) is -1.22. The molecule has 0 aliphatic rings. The Labute approximate surface area is 134 Å². The molecule has 0 heterocycles. The molecule has 3 N–H and O–H groups in total. The number of benzene rings is 1. The van der Waals surface area contributed by atoms with Crippen molar-refractivity contribution < 1.29 is 24.2 Å². The van der Waals surface area contributed by atoms with Gasteiger partial charge in [0.1, 0.15) is 13.2 Å². The van der Waals surface area contributed by atoms with Crippen LogP contribution in [0.2, 0.25) is 15.1 Å². The molecule has 7 nitrogen and oxygen atoms in total. The molecule has 1 rings (SSSR count). The molecule has 0 unspecified atom stereocenters. The summed E-state index contributed by atoms with van der Waals surface area (Å²) in [4.78, 5) is 32.9. The van der Waals surface area contributed by atoms with Crippen LogP contribution in [0, 0.1) is 0 Å². The van der Waals surface area contributed by atoms with E-state index in [4.69, 9.17) is 39.9 Å². The number of amides is 3. The summed E-state index contributed by atoms with van der Waals surface area (Å²) in [5.41, 5.74) is 0.155. The Kier molecular flexibility index (Phi) is 6.70. The summed E-state index contributed by atoms with van der Waals surface area (Å²) < 4.78 is 4.51.